The van der Waals surface area contributed by atoms with E-state index in [1.165, 1.54) is 11.9 Å². The third-order valence-electron chi connectivity index (χ3n) is 6.48. The molecule has 1 aliphatic carbocycles. The number of aromatic nitrogens is 2. The molecule has 6 heteroatoms. The largest absolute Gasteiger partial charge is 0.455 e. The molecule has 3 heterocycles. The van der Waals surface area contributed by atoms with Crippen molar-refractivity contribution in [3.8, 4) is 0 Å². The lowest BCUT2D eigenvalue weighted by atomic mass is 9.83. The zero-order chi connectivity index (χ0) is 20.2. The fraction of sp³-hybridized carbons (Fsp3) is 0.435. The molecule has 3 aliphatic rings. The third-order valence-corrected chi connectivity index (χ3v) is 6.48. The molecule has 0 bridgehead atoms. The lowest BCUT2D eigenvalue weighted by molar-refractivity contribution is -0.139. The summed E-state index contributed by atoms with van der Waals surface area (Å²) in [7, 11) is 0. The second kappa shape index (κ2) is 6.66. The van der Waals surface area contributed by atoms with Crippen molar-refractivity contribution in [2.75, 3.05) is 0 Å². The molecule has 150 valence electrons. The van der Waals surface area contributed by atoms with E-state index in [1.54, 1.807) is 12.1 Å². The molecule has 29 heavy (non-hydrogen) atoms. The minimum atomic E-state index is -0.279. The van der Waals surface area contributed by atoms with Crippen molar-refractivity contribution in [3.63, 3.8) is 0 Å². The molecule has 1 N–H and O–H groups in total. The Hall–Kier alpha value is -2.73. The number of allylic oxidation sites excluding steroid dienone is 2. The van der Waals surface area contributed by atoms with Crippen LogP contribution >= 0.6 is 0 Å². The molecule has 0 unspecified atom stereocenters. The van der Waals surface area contributed by atoms with Crippen molar-refractivity contribution in [1.82, 2.24) is 9.97 Å². The van der Waals surface area contributed by atoms with Crippen molar-refractivity contribution >= 4 is 22.9 Å². The monoisotopic (exact) mass is 392 g/mol. The number of hydrogen-bond acceptors (Lipinski definition) is 5. The van der Waals surface area contributed by atoms with E-state index in [2.05, 4.69) is 29.9 Å². The predicted molar refractivity (Wildman–Crippen MR) is 109 cm³/mol. The Labute approximate surface area is 168 Å². The highest BCUT2D eigenvalue weighted by atomic mass is 16.6. The summed E-state index contributed by atoms with van der Waals surface area (Å²) in [6.45, 7) is 4.26. The van der Waals surface area contributed by atoms with E-state index in [-0.39, 0.29) is 35.3 Å². The predicted octanol–water partition coefficient (Wildman–Crippen LogP) is 3.53. The number of H-pyrrole nitrogens is 1. The van der Waals surface area contributed by atoms with E-state index in [9.17, 15) is 9.59 Å². The summed E-state index contributed by atoms with van der Waals surface area (Å²) in [6.07, 6.45) is 8.97. The summed E-state index contributed by atoms with van der Waals surface area (Å²) in [6, 6.07) is 5.46. The van der Waals surface area contributed by atoms with Gasteiger partial charge in [-0.25, -0.2) is 9.78 Å². The van der Waals surface area contributed by atoms with Crippen molar-refractivity contribution in [2.24, 2.45) is 5.92 Å². The van der Waals surface area contributed by atoms with E-state index < -0.39 is 0 Å². The van der Waals surface area contributed by atoms with Crippen LogP contribution in [0.1, 0.15) is 45.1 Å². The number of carbonyl (C=O) groups excluding carboxylic acids is 1. The van der Waals surface area contributed by atoms with Crippen molar-refractivity contribution in [1.29, 1.82) is 0 Å². The van der Waals surface area contributed by atoms with Crippen LogP contribution in [0, 0.1) is 5.92 Å². The molecule has 6 nitrogen and oxygen atoms in total. The lowest BCUT2D eigenvalue weighted by Crippen LogP contribution is -2.28. The molecule has 2 aromatic rings. The number of fused-ring (bicyclic) bond motifs is 4. The van der Waals surface area contributed by atoms with Gasteiger partial charge < -0.3 is 14.5 Å². The number of nitrogens with one attached hydrogen (secondary N) is 1. The summed E-state index contributed by atoms with van der Waals surface area (Å²) >= 11 is 0. The van der Waals surface area contributed by atoms with Gasteiger partial charge in [0.1, 0.15) is 12.2 Å². The Morgan fingerprint density at radius 3 is 3.03 bits per heavy atom. The topological polar surface area (TPSA) is 84.6 Å². The summed E-state index contributed by atoms with van der Waals surface area (Å²) in [5.41, 5.74) is 3.03. The third kappa shape index (κ3) is 3.21. The van der Waals surface area contributed by atoms with Gasteiger partial charge in [0, 0.05) is 11.5 Å². The van der Waals surface area contributed by atoms with Crippen LogP contribution in [0.25, 0.3) is 17.0 Å². The van der Waals surface area contributed by atoms with E-state index in [1.807, 2.05) is 12.1 Å². The fourth-order valence-corrected chi connectivity index (χ4v) is 4.68. The quantitative estimate of drug-likeness (QED) is 0.347. The first-order valence-electron chi connectivity index (χ1n) is 10.2. The maximum Gasteiger partial charge on any atom is 0.334 e. The molecule has 5 rings (SSSR count). The Morgan fingerprint density at radius 2 is 2.17 bits per heavy atom. The minimum absolute atomic E-state index is 0.0151. The maximum absolute atomic E-state index is 12.8. The van der Waals surface area contributed by atoms with Gasteiger partial charge in [0.05, 0.1) is 22.8 Å². The van der Waals surface area contributed by atoms with Crippen LogP contribution in [0.3, 0.4) is 0 Å². The second-order valence-corrected chi connectivity index (χ2v) is 8.56. The highest BCUT2D eigenvalue weighted by Crippen LogP contribution is 2.50. The highest BCUT2D eigenvalue weighted by Gasteiger charge is 2.61. The molecule has 1 aromatic heterocycles. The van der Waals surface area contributed by atoms with E-state index in [4.69, 9.17) is 9.47 Å². The molecular weight excluding hydrogens is 368 g/mol. The Bertz CT molecular complexity index is 1120. The first kappa shape index (κ1) is 18.3. The van der Waals surface area contributed by atoms with Crippen LogP contribution < -0.4 is 5.56 Å². The van der Waals surface area contributed by atoms with Gasteiger partial charge in [-0.15, -0.1) is 0 Å². The smallest absolute Gasteiger partial charge is 0.334 e. The van der Waals surface area contributed by atoms with Crippen LogP contribution in [0.4, 0.5) is 0 Å². The summed E-state index contributed by atoms with van der Waals surface area (Å²) in [5.74, 6) is -0.294. The van der Waals surface area contributed by atoms with Crippen LogP contribution in [0.15, 0.2) is 46.5 Å². The zero-order valence-electron chi connectivity index (χ0n) is 16.6. The first-order valence-corrected chi connectivity index (χ1v) is 10.2. The van der Waals surface area contributed by atoms with Gasteiger partial charge in [-0.05, 0) is 63.3 Å². The van der Waals surface area contributed by atoms with Crippen LogP contribution in [-0.4, -0.2) is 33.7 Å². The molecule has 4 atom stereocenters. The number of ether oxygens (including phenoxy) is 2. The molecule has 0 spiro atoms. The van der Waals surface area contributed by atoms with Gasteiger partial charge >= 0.3 is 5.97 Å². The average Bonchev–Trinajstić information content (AvgIpc) is 3.27. The number of epoxide rings is 1. The number of benzene rings is 1. The van der Waals surface area contributed by atoms with Gasteiger partial charge in [0.15, 0.2) is 0 Å². The molecule has 2 fully saturated rings. The standard InChI is InChI=1S/C23H24N2O4/c1-13-4-3-9-23(2)20(29-23)19-15(7-5-13)16(22(27)28-19)10-14-6-8-18-17(11-14)21(26)25-12-24-18/h4,6,8,10-12,15,19-20H,3,5,7,9H2,1-2H3,(H,24,25,26)/b13-4+,16-10-/t15-,19-,20-,23+/m0/s1. The van der Waals surface area contributed by atoms with E-state index >= 15 is 0 Å². The number of esters is 1. The molecule has 2 saturated heterocycles. The number of rotatable bonds is 1. The summed E-state index contributed by atoms with van der Waals surface area (Å²) in [5, 5.41) is 0.507. The average molecular weight is 392 g/mol. The van der Waals surface area contributed by atoms with E-state index in [0.717, 1.165) is 31.2 Å². The Morgan fingerprint density at radius 1 is 1.31 bits per heavy atom. The van der Waals surface area contributed by atoms with Gasteiger partial charge in [0.2, 0.25) is 0 Å². The maximum atomic E-state index is 12.8. The first-order chi connectivity index (χ1) is 13.9. The normalized spacial score (nSPS) is 34.8. The van der Waals surface area contributed by atoms with Crippen molar-refractivity contribution in [3.05, 3.63) is 57.7 Å². The number of hydrogen-bond donors (Lipinski definition) is 1. The SMILES string of the molecule is C/C1=C\CC[C@@]2(C)O[C@H]2[C@H]2OC(=O)/C(=C\c3ccc4nc[nH]c(=O)c4c3)[C@@H]2CC1. The number of carbonyl (C=O) groups is 1. The molecular formula is C23H24N2O4. The van der Waals surface area contributed by atoms with E-state index in [0.29, 0.717) is 16.5 Å². The van der Waals surface area contributed by atoms with Crippen molar-refractivity contribution in [2.45, 2.75) is 57.3 Å². The number of aromatic amines is 1. The van der Waals surface area contributed by atoms with Crippen LogP contribution in [0.2, 0.25) is 0 Å². The van der Waals surface area contributed by atoms with Crippen LogP contribution in [-0.2, 0) is 14.3 Å². The highest BCUT2D eigenvalue weighted by molar-refractivity contribution is 5.97. The zero-order valence-corrected chi connectivity index (χ0v) is 16.6. The molecule has 2 aliphatic heterocycles. The Kier molecular flexibility index (Phi) is 4.21. The molecule has 1 aromatic carbocycles. The summed E-state index contributed by atoms with van der Waals surface area (Å²) < 4.78 is 11.8. The van der Waals surface area contributed by atoms with Gasteiger partial charge in [0.25, 0.3) is 5.56 Å². The van der Waals surface area contributed by atoms with Crippen LogP contribution in [0.5, 0.6) is 0 Å². The fourth-order valence-electron chi connectivity index (χ4n) is 4.68. The summed E-state index contributed by atoms with van der Waals surface area (Å²) in [4.78, 5) is 31.7. The number of nitrogens with zero attached hydrogens (tertiary/aromatic N) is 1. The van der Waals surface area contributed by atoms with Gasteiger partial charge in [-0.3, -0.25) is 4.79 Å². The minimum Gasteiger partial charge on any atom is -0.455 e. The molecule has 0 saturated carbocycles. The lowest BCUT2D eigenvalue weighted by Gasteiger charge is -2.19. The molecule has 0 amide bonds. The Balaban J connectivity index is 1.53. The van der Waals surface area contributed by atoms with Crippen molar-refractivity contribution < 1.29 is 14.3 Å². The van der Waals surface area contributed by atoms with Gasteiger partial charge in [-0.2, -0.15) is 0 Å². The molecule has 0 radical (unpaired) electrons. The second-order valence-electron chi connectivity index (χ2n) is 8.56. The van der Waals surface area contributed by atoms with Gasteiger partial charge in [-0.1, -0.05) is 17.7 Å².